The minimum absolute atomic E-state index is 0.812. The van der Waals surface area contributed by atoms with Gasteiger partial charge in [0, 0.05) is 43.4 Å². The third kappa shape index (κ3) is 3.69. The van der Waals surface area contributed by atoms with E-state index in [2.05, 4.69) is 41.2 Å². The molecule has 0 N–H and O–H groups in total. The summed E-state index contributed by atoms with van der Waals surface area (Å²) in [6, 6.07) is 24.7. The van der Waals surface area contributed by atoms with Crippen LogP contribution in [0.2, 0.25) is 0 Å². The molecule has 3 nitrogen and oxygen atoms in total. The lowest BCUT2D eigenvalue weighted by atomic mass is 10.1. The zero-order chi connectivity index (χ0) is 17.8. The van der Waals surface area contributed by atoms with Gasteiger partial charge in [-0.1, -0.05) is 53.2 Å². The molecule has 4 rings (SSSR count). The van der Waals surface area contributed by atoms with Gasteiger partial charge in [0.2, 0.25) is 5.76 Å². The van der Waals surface area contributed by atoms with Gasteiger partial charge in [0.15, 0.2) is 0 Å². The van der Waals surface area contributed by atoms with Gasteiger partial charge in [-0.2, -0.15) is 0 Å². The molecule has 0 unspecified atom stereocenters. The number of aromatic nitrogens is 1. The average Bonchev–Trinajstić information content (AvgIpc) is 3.13. The lowest BCUT2D eigenvalue weighted by Gasteiger charge is -2.04. The molecule has 0 aliphatic carbocycles. The van der Waals surface area contributed by atoms with E-state index in [1.807, 2.05) is 55.5 Å². The Hall–Kier alpha value is -3.29. The SMILES string of the molecule is CC(=[N+]=c1ccn(CCc2ccccc2)cc1)c1cc2ccccc2o1. The van der Waals surface area contributed by atoms with Crippen molar-refractivity contribution in [2.75, 3.05) is 0 Å². The maximum atomic E-state index is 5.88. The smallest absolute Gasteiger partial charge is 0.343 e. The highest BCUT2D eigenvalue weighted by Crippen LogP contribution is 2.18. The molecule has 26 heavy (non-hydrogen) atoms. The van der Waals surface area contributed by atoms with Gasteiger partial charge in [-0.25, -0.2) is 0 Å². The molecule has 0 saturated carbocycles. The lowest BCUT2D eigenvalue weighted by molar-refractivity contribution is 0.604. The van der Waals surface area contributed by atoms with E-state index in [0.717, 1.165) is 40.8 Å². The summed E-state index contributed by atoms with van der Waals surface area (Å²) >= 11 is 0. The first-order valence-corrected chi connectivity index (χ1v) is 8.85. The number of rotatable bonds is 4. The second-order valence-electron chi connectivity index (χ2n) is 6.38. The number of pyridine rings is 1. The fraction of sp³-hybridized carbons (Fsp3) is 0.130. The number of hydrogen-bond acceptors (Lipinski definition) is 1. The predicted octanol–water partition coefficient (Wildman–Crippen LogP) is 3.95. The van der Waals surface area contributed by atoms with Gasteiger partial charge >= 0.3 is 11.1 Å². The minimum Gasteiger partial charge on any atom is -0.449 e. The molecule has 0 saturated heterocycles. The molecule has 0 amide bonds. The summed E-state index contributed by atoms with van der Waals surface area (Å²) in [5.74, 6) is 0.812. The second-order valence-corrected chi connectivity index (χ2v) is 6.38. The van der Waals surface area contributed by atoms with Crippen LogP contribution in [0, 0.1) is 0 Å². The summed E-state index contributed by atoms with van der Waals surface area (Å²) in [6.45, 7) is 2.94. The maximum absolute atomic E-state index is 5.88. The molecule has 0 atom stereocenters. The molecular weight excluding hydrogens is 320 g/mol. The van der Waals surface area contributed by atoms with Crippen LogP contribution in [0.15, 0.2) is 89.6 Å². The fourth-order valence-corrected chi connectivity index (χ4v) is 2.98. The first-order chi connectivity index (χ1) is 12.8. The van der Waals surface area contributed by atoms with Crippen LogP contribution in [-0.2, 0) is 13.0 Å². The zero-order valence-electron chi connectivity index (χ0n) is 14.8. The van der Waals surface area contributed by atoms with Crippen molar-refractivity contribution >= 4 is 16.7 Å². The first-order valence-electron chi connectivity index (χ1n) is 8.85. The third-order valence-corrected chi connectivity index (χ3v) is 4.45. The predicted molar refractivity (Wildman–Crippen MR) is 106 cm³/mol. The molecule has 2 aromatic heterocycles. The molecule has 4 aromatic rings. The van der Waals surface area contributed by atoms with Crippen LogP contribution >= 0.6 is 0 Å². The summed E-state index contributed by atoms with van der Waals surface area (Å²) in [7, 11) is 0. The monoisotopic (exact) mass is 341 g/mol. The molecule has 0 bridgehead atoms. The number of furan rings is 1. The van der Waals surface area contributed by atoms with Crippen molar-refractivity contribution in [3.63, 3.8) is 0 Å². The van der Waals surface area contributed by atoms with E-state index in [9.17, 15) is 0 Å². The highest BCUT2D eigenvalue weighted by atomic mass is 16.3. The molecule has 0 spiro atoms. The van der Waals surface area contributed by atoms with E-state index < -0.39 is 0 Å². The molecule has 128 valence electrons. The standard InChI is InChI=1S/C23H21N2O/c1-18(23-17-20-9-5-6-10-22(20)26-23)24-21-12-15-25(16-13-21)14-11-19-7-3-2-4-8-19/h2-10,12-13,15-17H,11,14H2,1H3/q+1. The van der Waals surface area contributed by atoms with Crippen LogP contribution in [0.5, 0.6) is 0 Å². The normalized spacial score (nSPS) is 10.7. The van der Waals surface area contributed by atoms with E-state index in [-0.39, 0.29) is 0 Å². The van der Waals surface area contributed by atoms with Gasteiger partial charge in [-0.05, 0) is 24.1 Å². The van der Waals surface area contributed by atoms with Crippen LogP contribution in [0.4, 0.5) is 0 Å². The van der Waals surface area contributed by atoms with E-state index in [0.29, 0.717) is 0 Å². The van der Waals surface area contributed by atoms with Gasteiger partial charge in [0.25, 0.3) is 0 Å². The van der Waals surface area contributed by atoms with Crippen LogP contribution in [-0.4, -0.2) is 10.3 Å². The number of benzene rings is 2. The lowest BCUT2D eigenvalue weighted by Crippen LogP contribution is -2.12. The Bertz CT molecular complexity index is 1080. The van der Waals surface area contributed by atoms with Crippen molar-refractivity contribution in [2.24, 2.45) is 0 Å². The summed E-state index contributed by atoms with van der Waals surface area (Å²) in [5.41, 5.74) is 3.12. The number of fused-ring (bicyclic) bond motifs is 1. The summed E-state index contributed by atoms with van der Waals surface area (Å²) < 4.78 is 12.8. The van der Waals surface area contributed by atoms with Crippen LogP contribution in [0.3, 0.4) is 0 Å². The van der Waals surface area contributed by atoms with Crippen molar-refractivity contribution in [1.82, 2.24) is 9.24 Å². The molecule has 0 fully saturated rings. The Morgan fingerprint density at radius 2 is 1.65 bits per heavy atom. The Balaban J connectivity index is 1.55. The largest absolute Gasteiger partial charge is 0.449 e. The van der Waals surface area contributed by atoms with Gasteiger partial charge in [-0.15, -0.1) is 0 Å². The first kappa shape index (κ1) is 16.2. The van der Waals surface area contributed by atoms with E-state index in [1.165, 1.54) is 5.56 Å². The summed E-state index contributed by atoms with van der Waals surface area (Å²) in [4.78, 5) is 0. The molecule has 0 aliphatic heterocycles. The summed E-state index contributed by atoms with van der Waals surface area (Å²) in [5, 5.41) is 2.03. The van der Waals surface area contributed by atoms with E-state index in [4.69, 9.17) is 9.09 Å². The number of hydrogen-bond donors (Lipinski definition) is 0. The van der Waals surface area contributed by atoms with Gasteiger partial charge in [-0.3, -0.25) is 0 Å². The highest BCUT2D eigenvalue weighted by molar-refractivity contribution is 5.98. The molecular formula is C23H21N2O+. The highest BCUT2D eigenvalue weighted by Gasteiger charge is 2.12. The minimum atomic E-state index is 0.812. The molecule has 2 aromatic carbocycles. The van der Waals surface area contributed by atoms with Gasteiger partial charge < -0.3 is 8.98 Å². The van der Waals surface area contributed by atoms with Crippen molar-refractivity contribution in [3.8, 4) is 0 Å². The Labute approximate surface area is 152 Å². The van der Waals surface area contributed by atoms with Gasteiger partial charge in [0.1, 0.15) is 5.58 Å². The van der Waals surface area contributed by atoms with E-state index >= 15 is 0 Å². The molecule has 0 radical (unpaired) electrons. The topological polar surface area (TPSA) is 32.2 Å². The van der Waals surface area contributed by atoms with Crippen LogP contribution < -0.4 is 10.0 Å². The summed E-state index contributed by atoms with van der Waals surface area (Å²) in [6.07, 6.45) is 5.17. The van der Waals surface area contributed by atoms with Crippen LogP contribution in [0.25, 0.3) is 11.0 Å². The average molecular weight is 341 g/mol. The zero-order valence-corrected chi connectivity index (χ0v) is 14.8. The number of aryl methyl sites for hydroxylation is 2. The van der Waals surface area contributed by atoms with E-state index in [1.54, 1.807) is 0 Å². The van der Waals surface area contributed by atoms with Crippen molar-refractivity contribution in [2.45, 2.75) is 19.9 Å². The van der Waals surface area contributed by atoms with Crippen molar-refractivity contribution in [3.05, 3.63) is 102 Å². The second kappa shape index (κ2) is 7.30. The van der Waals surface area contributed by atoms with Crippen molar-refractivity contribution in [1.29, 1.82) is 0 Å². The molecule has 3 heteroatoms. The quantitative estimate of drug-likeness (QED) is 0.408. The Morgan fingerprint density at radius 3 is 2.42 bits per heavy atom. The van der Waals surface area contributed by atoms with Gasteiger partial charge in [0.05, 0.1) is 0 Å². The number of nitrogens with zero attached hydrogens (tertiary/aromatic N) is 2. The van der Waals surface area contributed by atoms with Crippen molar-refractivity contribution < 1.29 is 4.42 Å². The fourth-order valence-electron chi connectivity index (χ4n) is 2.98. The Kier molecular flexibility index (Phi) is 4.55. The number of para-hydroxylation sites is 1. The Morgan fingerprint density at radius 1 is 0.923 bits per heavy atom. The molecule has 2 heterocycles. The maximum Gasteiger partial charge on any atom is 0.343 e. The molecule has 0 aliphatic rings. The van der Waals surface area contributed by atoms with Crippen LogP contribution in [0.1, 0.15) is 18.2 Å². The third-order valence-electron chi connectivity index (χ3n) is 4.45.